The van der Waals surface area contributed by atoms with Crippen molar-refractivity contribution in [2.24, 2.45) is 5.92 Å². The van der Waals surface area contributed by atoms with Crippen molar-refractivity contribution in [2.45, 2.75) is 27.2 Å². The predicted octanol–water partition coefficient (Wildman–Crippen LogP) is 4.28. The topological polar surface area (TPSA) is 0 Å². The Balaban J connectivity index is 0.00000144. The van der Waals surface area contributed by atoms with Crippen LogP contribution in [-0.2, 0) is 0 Å². The molecule has 0 N–H and O–H groups in total. The van der Waals surface area contributed by atoms with Crippen LogP contribution >= 0.6 is 0 Å². The number of hydrogen-bond acceptors (Lipinski definition) is 0. The van der Waals surface area contributed by atoms with Crippen molar-refractivity contribution < 1.29 is 0 Å². The zero-order valence-electron chi connectivity index (χ0n) is 7.66. The van der Waals surface area contributed by atoms with Crippen molar-refractivity contribution in [3.63, 3.8) is 0 Å². The lowest BCUT2D eigenvalue weighted by Crippen LogP contribution is -2.02. The summed E-state index contributed by atoms with van der Waals surface area (Å²) in [6.07, 6.45) is 15.0. The smallest absolute Gasteiger partial charge is 0.0130 e. The summed E-state index contributed by atoms with van der Waals surface area (Å²) in [5.74, 6) is 0.714. The normalized spacial score (nSPS) is 21.0. The van der Waals surface area contributed by atoms with Crippen molar-refractivity contribution >= 4 is 0 Å². The van der Waals surface area contributed by atoms with Crippen LogP contribution in [0.1, 0.15) is 27.2 Å². The molecule has 0 heteroatoms. The SMILES string of the molecule is C.C=C/C=C\C1=CC=CCC1CC. The van der Waals surface area contributed by atoms with Gasteiger partial charge in [0.2, 0.25) is 0 Å². The Hall–Kier alpha value is -1.04. The van der Waals surface area contributed by atoms with E-state index in [-0.39, 0.29) is 7.43 Å². The first kappa shape index (κ1) is 12.0. The molecule has 0 aliphatic heterocycles. The van der Waals surface area contributed by atoms with E-state index in [0.717, 1.165) is 0 Å². The third-order valence-electron chi connectivity index (χ3n) is 2.23. The second-order valence-electron chi connectivity index (χ2n) is 3.03. The summed E-state index contributed by atoms with van der Waals surface area (Å²) in [4.78, 5) is 0. The molecule has 1 aliphatic rings. The van der Waals surface area contributed by atoms with E-state index in [2.05, 4.69) is 37.8 Å². The lowest BCUT2D eigenvalue weighted by atomic mass is 9.89. The van der Waals surface area contributed by atoms with Gasteiger partial charge in [0.1, 0.15) is 0 Å². The van der Waals surface area contributed by atoms with Crippen molar-refractivity contribution in [3.8, 4) is 0 Å². The van der Waals surface area contributed by atoms with Gasteiger partial charge >= 0.3 is 0 Å². The molecule has 0 spiro atoms. The van der Waals surface area contributed by atoms with E-state index in [4.69, 9.17) is 0 Å². The molecule has 0 radical (unpaired) electrons. The van der Waals surface area contributed by atoms with Crippen molar-refractivity contribution in [2.75, 3.05) is 0 Å². The first-order chi connectivity index (χ1) is 5.88. The van der Waals surface area contributed by atoms with Gasteiger partial charge in [-0.15, -0.1) is 0 Å². The maximum Gasteiger partial charge on any atom is -0.0130 e. The average molecular weight is 176 g/mol. The second-order valence-corrected chi connectivity index (χ2v) is 3.03. The Morgan fingerprint density at radius 2 is 2.38 bits per heavy atom. The van der Waals surface area contributed by atoms with Gasteiger partial charge in [-0.3, -0.25) is 0 Å². The molecule has 0 heterocycles. The Bertz CT molecular complexity index is 228. The molecule has 0 saturated carbocycles. The third-order valence-corrected chi connectivity index (χ3v) is 2.23. The Morgan fingerprint density at radius 3 is 3.00 bits per heavy atom. The predicted molar refractivity (Wildman–Crippen MR) is 61.7 cm³/mol. The summed E-state index contributed by atoms with van der Waals surface area (Å²) in [6.45, 7) is 5.90. The highest BCUT2D eigenvalue weighted by Crippen LogP contribution is 2.24. The van der Waals surface area contributed by atoms with Crippen LogP contribution < -0.4 is 0 Å². The lowest BCUT2D eigenvalue weighted by molar-refractivity contribution is 0.608. The summed E-state index contributed by atoms with van der Waals surface area (Å²) in [6, 6.07) is 0. The largest absolute Gasteiger partial charge is 0.0991 e. The molecule has 0 aromatic heterocycles. The van der Waals surface area contributed by atoms with Crippen LogP contribution in [0.2, 0.25) is 0 Å². The van der Waals surface area contributed by atoms with Gasteiger partial charge < -0.3 is 0 Å². The maximum absolute atomic E-state index is 3.66. The van der Waals surface area contributed by atoms with Gasteiger partial charge in [0.05, 0.1) is 0 Å². The summed E-state index contributed by atoms with van der Waals surface area (Å²) >= 11 is 0. The molecule has 0 aromatic rings. The van der Waals surface area contributed by atoms with Crippen molar-refractivity contribution in [1.29, 1.82) is 0 Å². The summed E-state index contributed by atoms with van der Waals surface area (Å²) in [5, 5.41) is 0. The first-order valence-electron chi connectivity index (χ1n) is 4.54. The van der Waals surface area contributed by atoms with E-state index >= 15 is 0 Å². The molecule has 0 amide bonds. The van der Waals surface area contributed by atoms with Gasteiger partial charge in [-0.2, -0.15) is 0 Å². The van der Waals surface area contributed by atoms with Crippen LogP contribution in [-0.4, -0.2) is 0 Å². The van der Waals surface area contributed by atoms with Crippen LogP contribution in [0, 0.1) is 5.92 Å². The molecule has 0 fully saturated rings. The summed E-state index contributed by atoms with van der Waals surface area (Å²) < 4.78 is 0. The standard InChI is InChI=1S/C12H16.CH4/c1-3-5-8-12-10-7-6-9-11(12)4-2;/h3,5-8,10-11H,1,4,9H2,2H3;1H4/b8-5-;. The van der Waals surface area contributed by atoms with Gasteiger partial charge in [0.15, 0.2) is 0 Å². The zero-order valence-corrected chi connectivity index (χ0v) is 7.66. The van der Waals surface area contributed by atoms with Crippen LogP contribution in [0.15, 0.2) is 48.6 Å². The van der Waals surface area contributed by atoms with E-state index in [9.17, 15) is 0 Å². The minimum atomic E-state index is 0. The fraction of sp³-hybridized carbons (Fsp3) is 0.385. The molecule has 0 nitrogen and oxygen atoms in total. The van der Waals surface area contributed by atoms with Gasteiger partial charge in [-0.25, -0.2) is 0 Å². The molecule has 0 saturated heterocycles. The Kier molecular flexibility index (Phi) is 5.96. The maximum atomic E-state index is 3.66. The fourth-order valence-corrected chi connectivity index (χ4v) is 1.47. The second kappa shape index (κ2) is 6.47. The number of rotatable bonds is 3. The summed E-state index contributed by atoms with van der Waals surface area (Å²) in [7, 11) is 0. The van der Waals surface area contributed by atoms with E-state index in [1.807, 2.05) is 12.2 Å². The highest BCUT2D eigenvalue weighted by atomic mass is 14.1. The molecule has 0 aromatic carbocycles. The van der Waals surface area contributed by atoms with Crippen molar-refractivity contribution in [1.82, 2.24) is 0 Å². The van der Waals surface area contributed by atoms with Gasteiger partial charge in [-0.1, -0.05) is 57.4 Å². The van der Waals surface area contributed by atoms with Crippen LogP contribution in [0.3, 0.4) is 0 Å². The highest BCUT2D eigenvalue weighted by molar-refractivity contribution is 5.31. The van der Waals surface area contributed by atoms with Gasteiger partial charge in [0, 0.05) is 0 Å². The lowest BCUT2D eigenvalue weighted by Gasteiger charge is -2.16. The van der Waals surface area contributed by atoms with E-state index < -0.39 is 0 Å². The molecule has 1 aliphatic carbocycles. The first-order valence-corrected chi connectivity index (χ1v) is 4.54. The van der Waals surface area contributed by atoms with E-state index in [1.54, 1.807) is 0 Å². The molecule has 1 unspecified atom stereocenters. The van der Waals surface area contributed by atoms with Crippen LogP contribution in [0.4, 0.5) is 0 Å². The molecule has 13 heavy (non-hydrogen) atoms. The van der Waals surface area contributed by atoms with Gasteiger partial charge in [-0.05, 0) is 24.3 Å². The quantitative estimate of drug-likeness (QED) is 0.563. The Morgan fingerprint density at radius 1 is 1.62 bits per heavy atom. The monoisotopic (exact) mass is 176 g/mol. The molecule has 0 bridgehead atoms. The molecule has 72 valence electrons. The van der Waals surface area contributed by atoms with Gasteiger partial charge in [0.25, 0.3) is 0 Å². The molecular weight excluding hydrogens is 156 g/mol. The minimum Gasteiger partial charge on any atom is -0.0991 e. The molecule has 1 atom stereocenters. The average Bonchev–Trinajstić information content (AvgIpc) is 2.15. The van der Waals surface area contributed by atoms with E-state index in [1.165, 1.54) is 18.4 Å². The molecule has 1 rings (SSSR count). The van der Waals surface area contributed by atoms with Crippen LogP contribution in [0.5, 0.6) is 0 Å². The number of hydrogen-bond donors (Lipinski definition) is 0. The zero-order chi connectivity index (χ0) is 8.81. The van der Waals surface area contributed by atoms with Crippen molar-refractivity contribution in [3.05, 3.63) is 48.6 Å². The van der Waals surface area contributed by atoms with Crippen LogP contribution in [0.25, 0.3) is 0 Å². The minimum absolute atomic E-state index is 0. The summed E-state index contributed by atoms with van der Waals surface area (Å²) in [5.41, 5.74) is 1.43. The third kappa shape index (κ3) is 3.45. The molecular formula is C13H20. The Labute approximate surface area is 82.4 Å². The number of allylic oxidation sites excluding steroid dienone is 7. The fourth-order valence-electron chi connectivity index (χ4n) is 1.47. The van der Waals surface area contributed by atoms with E-state index in [0.29, 0.717) is 5.92 Å². The highest BCUT2D eigenvalue weighted by Gasteiger charge is 2.09.